The fourth-order valence-corrected chi connectivity index (χ4v) is 2.56. The Bertz CT molecular complexity index is 172. The molecule has 0 rings (SSSR count). The van der Waals surface area contributed by atoms with E-state index in [1.165, 1.54) is 70.6 Å². The molecule has 122 valence electrons. The van der Waals surface area contributed by atoms with Crippen LogP contribution in [-0.2, 0) is 0 Å². The number of hydrogen-bond donors (Lipinski definition) is 3. The normalized spacial score (nSPS) is 11.4. The Morgan fingerprint density at radius 3 is 1.05 bits per heavy atom. The van der Waals surface area contributed by atoms with Gasteiger partial charge >= 0.3 is 0 Å². The maximum absolute atomic E-state index is 8.70. The summed E-state index contributed by atoms with van der Waals surface area (Å²) in [4.78, 5) is 0. The van der Waals surface area contributed by atoms with Crippen molar-refractivity contribution in [1.82, 2.24) is 0 Å². The summed E-state index contributed by atoms with van der Waals surface area (Å²) in [6.45, 7) is 0.348. The fraction of sp³-hybridized carbons (Fsp3) is 1.00. The second-order valence-electron chi connectivity index (χ2n) is 5.94. The van der Waals surface area contributed by atoms with E-state index in [-0.39, 0.29) is 0 Å². The molecule has 0 saturated heterocycles. The standard InChI is InChI=1S/C17H36O3/c18-16-14-12-10-8-6-4-2-1-3-5-7-9-11-13-15-17(19)20/h17-20H,1-16H2. The number of rotatable bonds is 16. The molecular formula is C17H36O3. The van der Waals surface area contributed by atoms with Crippen molar-refractivity contribution in [3.05, 3.63) is 0 Å². The molecule has 0 radical (unpaired) electrons. The van der Waals surface area contributed by atoms with Crippen molar-refractivity contribution in [2.24, 2.45) is 0 Å². The molecule has 0 amide bonds. The Hall–Kier alpha value is -0.120. The molecule has 0 aromatic rings. The summed E-state index contributed by atoms with van der Waals surface area (Å²) >= 11 is 0. The molecule has 0 aliphatic heterocycles. The quantitative estimate of drug-likeness (QED) is 0.295. The van der Waals surface area contributed by atoms with Gasteiger partial charge in [-0.1, -0.05) is 77.0 Å². The summed E-state index contributed by atoms with van der Waals surface area (Å²) < 4.78 is 0. The summed E-state index contributed by atoms with van der Waals surface area (Å²) in [6, 6.07) is 0. The monoisotopic (exact) mass is 288 g/mol. The first kappa shape index (κ1) is 19.9. The van der Waals surface area contributed by atoms with E-state index in [1.807, 2.05) is 0 Å². The third kappa shape index (κ3) is 17.9. The zero-order valence-electron chi connectivity index (χ0n) is 13.2. The minimum Gasteiger partial charge on any atom is -0.396 e. The van der Waals surface area contributed by atoms with Gasteiger partial charge in [0.15, 0.2) is 6.29 Å². The topological polar surface area (TPSA) is 60.7 Å². The van der Waals surface area contributed by atoms with Crippen LogP contribution in [0.1, 0.15) is 96.3 Å². The molecule has 0 aromatic carbocycles. The maximum atomic E-state index is 8.70. The fourth-order valence-electron chi connectivity index (χ4n) is 2.56. The summed E-state index contributed by atoms with van der Waals surface area (Å²) in [5, 5.41) is 26.1. The van der Waals surface area contributed by atoms with Crippen molar-refractivity contribution in [2.45, 2.75) is 103 Å². The molecule has 3 nitrogen and oxygen atoms in total. The summed E-state index contributed by atoms with van der Waals surface area (Å²) in [5.74, 6) is 0. The average Bonchev–Trinajstić information content (AvgIpc) is 2.43. The number of unbranched alkanes of at least 4 members (excludes halogenated alkanes) is 13. The van der Waals surface area contributed by atoms with Crippen molar-refractivity contribution in [1.29, 1.82) is 0 Å². The predicted molar refractivity (Wildman–Crippen MR) is 84.6 cm³/mol. The van der Waals surface area contributed by atoms with Gasteiger partial charge in [-0.2, -0.15) is 0 Å². The molecule has 20 heavy (non-hydrogen) atoms. The van der Waals surface area contributed by atoms with E-state index in [1.54, 1.807) is 0 Å². The zero-order chi connectivity index (χ0) is 14.9. The Morgan fingerprint density at radius 2 is 0.750 bits per heavy atom. The van der Waals surface area contributed by atoms with E-state index < -0.39 is 6.29 Å². The number of aliphatic hydroxyl groups is 3. The van der Waals surface area contributed by atoms with Crippen LogP contribution in [0, 0.1) is 0 Å². The van der Waals surface area contributed by atoms with Gasteiger partial charge in [-0.15, -0.1) is 0 Å². The molecule has 0 aromatic heterocycles. The van der Waals surface area contributed by atoms with Gasteiger partial charge in [0.2, 0.25) is 0 Å². The lowest BCUT2D eigenvalue weighted by molar-refractivity contribution is -0.0466. The largest absolute Gasteiger partial charge is 0.396 e. The lowest BCUT2D eigenvalue weighted by Gasteiger charge is -2.04. The van der Waals surface area contributed by atoms with Crippen molar-refractivity contribution in [3.63, 3.8) is 0 Å². The van der Waals surface area contributed by atoms with Crippen LogP contribution in [-0.4, -0.2) is 28.2 Å². The first-order valence-corrected chi connectivity index (χ1v) is 8.74. The average molecular weight is 288 g/mol. The summed E-state index contributed by atoms with van der Waals surface area (Å²) in [5.41, 5.74) is 0. The van der Waals surface area contributed by atoms with E-state index in [0.29, 0.717) is 13.0 Å². The maximum Gasteiger partial charge on any atom is 0.151 e. The molecule has 0 spiro atoms. The third-order valence-electron chi connectivity index (χ3n) is 3.87. The van der Waals surface area contributed by atoms with Crippen LogP contribution < -0.4 is 0 Å². The Labute approximate surface area is 125 Å². The van der Waals surface area contributed by atoms with Gasteiger partial charge in [0.25, 0.3) is 0 Å². The lowest BCUT2D eigenvalue weighted by Crippen LogP contribution is -2.02. The van der Waals surface area contributed by atoms with E-state index in [4.69, 9.17) is 15.3 Å². The van der Waals surface area contributed by atoms with E-state index in [2.05, 4.69) is 0 Å². The number of hydrogen-bond acceptors (Lipinski definition) is 3. The molecule has 0 unspecified atom stereocenters. The Balaban J connectivity index is 2.92. The van der Waals surface area contributed by atoms with Gasteiger partial charge < -0.3 is 15.3 Å². The molecule has 0 aliphatic carbocycles. The van der Waals surface area contributed by atoms with Crippen LogP contribution in [0.15, 0.2) is 0 Å². The van der Waals surface area contributed by atoms with Crippen LogP contribution in [0.5, 0.6) is 0 Å². The highest BCUT2D eigenvalue weighted by atomic mass is 16.5. The minimum atomic E-state index is -1.11. The summed E-state index contributed by atoms with van der Waals surface area (Å²) in [7, 11) is 0. The molecule has 0 saturated carbocycles. The van der Waals surface area contributed by atoms with E-state index in [9.17, 15) is 0 Å². The molecule has 0 bridgehead atoms. The highest BCUT2D eigenvalue weighted by Crippen LogP contribution is 2.13. The SMILES string of the molecule is OCCCCCCCCCCCCCCCCC(O)O. The molecule has 0 atom stereocenters. The van der Waals surface area contributed by atoms with E-state index >= 15 is 0 Å². The van der Waals surface area contributed by atoms with Gasteiger partial charge in [0.1, 0.15) is 0 Å². The van der Waals surface area contributed by atoms with Gasteiger partial charge in [0.05, 0.1) is 0 Å². The smallest absolute Gasteiger partial charge is 0.151 e. The van der Waals surface area contributed by atoms with Gasteiger partial charge in [-0.25, -0.2) is 0 Å². The molecular weight excluding hydrogens is 252 g/mol. The van der Waals surface area contributed by atoms with Crippen molar-refractivity contribution < 1.29 is 15.3 Å². The minimum absolute atomic E-state index is 0.348. The number of aliphatic hydroxyl groups excluding tert-OH is 2. The predicted octanol–water partition coefficient (Wildman–Crippen LogP) is 4.14. The van der Waals surface area contributed by atoms with Gasteiger partial charge in [-0.05, 0) is 19.3 Å². The van der Waals surface area contributed by atoms with Crippen LogP contribution in [0.2, 0.25) is 0 Å². The van der Waals surface area contributed by atoms with Gasteiger partial charge in [-0.3, -0.25) is 0 Å². The Morgan fingerprint density at radius 1 is 0.450 bits per heavy atom. The summed E-state index contributed by atoms with van der Waals surface area (Å²) in [6.07, 6.45) is 16.9. The van der Waals surface area contributed by atoms with Crippen molar-refractivity contribution in [3.8, 4) is 0 Å². The molecule has 0 aliphatic rings. The van der Waals surface area contributed by atoms with Crippen LogP contribution in [0.4, 0.5) is 0 Å². The zero-order valence-corrected chi connectivity index (χ0v) is 13.2. The highest BCUT2D eigenvalue weighted by Gasteiger charge is 1.97. The third-order valence-corrected chi connectivity index (χ3v) is 3.87. The molecule has 3 N–H and O–H groups in total. The Kier molecular flexibility index (Phi) is 16.8. The van der Waals surface area contributed by atoms with Gasteiger partial charge in [0, 0.05) is 6.61 Å². The first-order chi connectivity index (χ1) is 9.77. The van der Waals surface area contributed by atoms with Crippen molar-refractivity contribution >= 4 is 0 Å². The van der Waals surface area contributed by atoms with Crippen molar-refractivity contribution in [2.75, 3.05) is 6.61 Å². The van der Waals surface area contributed by atoms with E-state index in [0.717, 1.165) is 19.3 Å². The first-order valence-electron chi connectivity index (χ1n) is 8.74. The molecule has 0 fully saturated rings. The highest BCUT2D eigenvalue weighted by molar-refractivity contribution is 4.50. The molecule has 0 heterocycles. The second kappa shape index (κ2) is 16.9. The van der Waals surface area contributed by atoms with Crippen LogP contribution >= 0.6 is 0 Å². The van der Waals surface area contributed by atoms with Crippen LogP contribution in [0.25, 0.3) is 0 Å². The lowest BCUT2D eigenvalue weighted by atomic mass is 10.0. The van der Waals surface area contributed by atoms with Crippen LogP contribution in [0.3, 0.4) is 0 Å². The second-order valence-corrected chi connectivity index (χ2v) is 5.94. The molecule has 3 heteroatoms.